The summed E-state index contributed by atoms with van der Waals surface area (Å²) < 4.78 is 37.2. The van der Waals surface area contributed by atoms with E-state index in [2.05, 4.69) is 4.98 Å². The molecule has 0 aliphatic heterocycles. The van der Waals surface area contributed by atoms with Gasteiger partial charge in [0.05, 0.1) is 11.6 Å². The molecule has 1 heterocycles. The van der Waals surface area contributed by atoms with Gasteiger partial charge in [0.2, 0.25) is 0 Å². The molecule has 0 aliphatic rings. The van der Waals surface area contributed by atoms with E-state index >= 15 is 0 Å². The number of benzene rings is 1. The van der Waals surface area contributed by atoms with Gasteiger partial charge in [-0.25, -0.2) is 0 Å². The Hall–Kier alpha value is -2.35. The van der Waals surface area contributed by atoms with E-state index in [0.29, 0.717) is 11.1 Å². The third-order valence-corrected chi connectivity index (χ3v) is 2.72. The SMILES string of the molecule is Cc1cc(C#N)ccc1-c1ccc(C(F)(F)F)nc1. The molecule has 19 heavy (non-hydrogen) atoms. The Morgan fingerprint density at radius 3 is 2.37 bits per heavy atom. The molecular formula is C14H9F3N2. The van der Waals surface area contributed by atoms with Crippen molar-refractivity contribution in [2.45, 2.75) is 13.1 Å². The first-order chi connectivity index (χ1) is 8.91. The average molecular weight is 262 g/mol. The van der Waals surface area contributed by atoms with Gasteiger partial charge in [0.25, 0.3) is 0 Å². The van der Waals surface area contributed by atoms with Crippen LogP contribution in [0.4, 0.5) is 13.2 Å². The van der Waals surface area contributed by atoms with Gasteiger partial charge in [-0.3, -0.25) is 4.98 Å². The summed E-state index contributed by atoms with van der Waals surface area (Å²) in [6.07, 6.45) is -3.24. The van der Waals surface area contributed by atoms with Crippen LogP contribution in [-0.4, -0.2) is 4.98 Å². The summed E-state index contributed by atoms with van der Waals surface area (Å²) in [4.78, 5) is 3.42. The smallest absolute Gasteiger partial charge is 0.251 e. The highest BCUT2D eigenvalue weighted by molar-refractivity contribution is 5.67. The quantitative estimate of drug-likeness (QED) is 0.780. The molecule has 2 aromatic rings. The predicted octanol–water partition coefficient (Wildman–Crippen LogP) is 3.95. The van der Waals surface area contributed by atoms with E-state index in [9.17, 15) is 13.2 Å². The highest BCUT2D eigenvalue weighted by Crippen LogP contribution is 2.30. The van der Waals surface area contributed by atoms with Crippen LogP contribution in [0.5, 0.6) is 0 Å². The zero-order valence-corrected chi connectivity index (χ0v) is 9.99. The van der Waals surface area contributed by atoms with E-state index in [4.69, 9.17) is 5.26 Å². The summed E-state index contributed by atoms with van der Waals surface area (Å²) in [6.45, 7) is 1.80. The number of nitrogens with zero attached hydrogens (tertiary/aromatic N) is 2. The summed E-state index contributed by atoms with van der Waals surface area (Å²) in [7, 11) is 0. The molecule has 0 radical (unpaired) electrons. The number of rotatable bonds is 1. The molecule has 1 aromatic carbocycles. The molecule has 0 amide bonds. The highest BCUT2D eigenvalue weighted by atomic mass is 19.4. The van der Waals surface area contributed by atoms with E-state index in [1.807, 2.05) is 6.07 Å². The van der Waals surface area contributed by atoms with Gasteiger partial charge < -0.3 is 0 Å². The van der Waals surface area contributed by atoms with Crippen LogP contribution in [-0.2, 0) is 6.18 Å². The van der Waals surface area contributed by atoms with Crippen LogP contribution in [0, 0.1) is 18.3 Å². The van der Waals surface area contributed by atoms with Crippen molar-refractivity contribution in [1.82, 2.24) is 4.98 Å². The molecule has 0 atom stereocenters. The van der Waals surface area contributed by atoms with Crippen molar-refractivity contribution in [2.75, 3.05) is 0 Å². The molecule has 0 saturated carbocycles. The van der Waals surface area contributed by atoms with Gasteiger partial charge in [-0.2, -0.15) is 18.4 Å². The predicted molar refractivity (Wildman–Crippen MR) is 64.1 cm³/mol. The summed E-state index contributed by atoms with van der Waals surface area (Å²) >= 11 is 0. The van der Waals surface area contributed by atoms with Crippen molar-refractivity contribution in [3.05, 3.63) is 53.3 Å². The molecule has 0 N–H and O–H groups in total. The van der Waals surface area contributed by atoms with Crippen molar-refractivity contribution < 1.29 is 13.2 Å². The number of halogens is 3. The maximum Gasteiger partial charge on any atom is 0.433 e. The van der Waals surface area contributed by atoms with Gasteiger partial charge in [-0.15, -0.1) is 0 Å². The Morgan fingerprint density at radius 1 is 1.16 bits per heavy atom. The van der Waals surface area contributed by atoms with Crippen LogP contribution < -0.4 is 0 Å². The zero-order chi connectivity index (χ0) is 14.0. The fraction of sp³-hybridized carbons (Fsp3) is 0.143. The topological polar surface area (TPSA) is 36.7 Å². The molecule has 0 saturated heterocycles. The average Bonchev–Trinajstić information content (AvgIpc) is 2.37. The zero-order valence-electron chi connectivity index (χ0n) is 9.99. The second-order valence-corrected chi connectivity index (χ2v) is 4.07. The molecule has 5 heteroatoms. The highest BCUT2D eigenvalue weighted by Gasteiger charge is 2.32. The first-order valence-corrected chi connectivity index (χ1v) is 5.46. The number of hydrogen-bond donors (Lipinski definition) is 0. The van der Waals surface area contributed by atoms with Crippen LogP contribution in [0.15, 0.2) is 36.5 Å². The van der Waals surface area contributed by atoms with Gasteiger partial charge in [-0.1, -0.05) is 12.1 Å². The minimum atomic E-state index is -4.43. The summed E-state index contributed by atoms with van der Waals surface area (Å²) in [5.41, 5.74) is 1.78. The Labute approximate surface area is 108 Å². The largest absolute Gasteiger partial charge is 0.433 e. The molecule has 0 spiro atoms. The van der Waals surface area contributed by atoms with Crippen molar-refractivity contribution in [3.8, 4) is 17.2 Å². The van der Waals surface area contributed by atoms with Gasteiger partial charge >= 0.3 is 6.18 Å². The fourth-order valence-electron chi connectivity index (χ4n) is 1.78. The Morgan fingerprint density at radius 2 is 1.89 bits per heavy atom. The Bertz CT molecular complexity index is 637. The van der Waals surface area contributed by atoms with Crippen LogP contribution in [0.3, 0.4) is 0 Å². The Balaban J connectivity index is 2.41. The maximum atomic E-state index is 12.4. The van der Waals surface area contributed by atoms with Gasteiger partial charge in [0, 0.05) is 11.8 Å². The molecule has 2 nitrogen and oxygen atoms in total. The third-order valence-electron chi connectivity index (χ3n) is 2.72. The lowest BCUT2D eigenvalue weighted by Gasteiger charge is -2.08. The number of pyridine rings is 1. The first-order valence-electron chi connectivity index (χ1n) is 5.46. The molecule has 0 bridgehead atoms. The molecular weight excluding hydrogens is 253 g/mol. The monoisotopic (exact) mass is 262 g/mol. The lowest BCUT2D eigenvalue weighted by molar-refractivity contribution is -0.141. The van der Waals surface area contributed by atoms with Gasteiger partial charge in [0.15, 0.2) is 0 Å². The normalized spacial score (nSPS) is 11.1. The van der Waals surface area contributed by atoms with Crippen molar-refractivity contribution >= 4 is 0 Å². The van der Waals surface area contributed by atoms with Crippen LogP contribution in [0.25, 0.3) is 11.1 Å². The minimum Gasteiger partial charge on any atom is -0.251 e. The molecule has 1 aromatic heterocycles. The number of aryl methyl sites for hydroxylation is 1. The summed E-state index contributed by atoms with van der Waals surface area (Å²) in [6, 6.07) is 9.36. The van der Waals surface area contributed by atoms with Crippen LogP contribution in [0.2, 0.25) is 0 Å². The third kappa shape index (κ3) is 2.74. The first kappa shape index (κ1) is 13.1. The second-order valence-electron chi connectivity index (χ2n) is 4.07. The van der Waals surface area contributed by atoms with Crippen molar-refractivity contribution in [2.24, 2.45) is 0 Å². The summed E-state index contributed by atoms with van der Waals surface area (Å²) in [5, 5.41) is 8.76. The van der Waals surface area contributed by atoms with Gasteiger partial charge in [-0.05, 0) is 36.2 Å². The van der Waals surface area contributed by atoms with E-state index in [0.717, 1.165) is 17.2 Å². The number of hydrogen-bond acceptors (Lipinski definition) is 2. The lowest BCUT2D eigenvalue weighted by atomic mass is 10.00. The van der Waals surface area contributed by atoms with E-state index < -0.39 is 11.9 Å². The van der Waals surface area contributed by atoms with Crippen molar-refractivity contribution in [3.63, 3.8) is 0 Å². The number of alkyl halides is 3. The molecule has 0 unspecified atom stereocenters. The van der Waals surface area contributed by atoms with Crippen LogP contribution in [0.1, 0.15) is 16.8 Å². The molecule has 0 aliphatic carbocycles. The maximum absolute atomic E-state index is 12.4. The van der Waals surface area contributed by atoms with Gasteiger partial charge in [0.1, 0.15) is 5.69 Å². The second kappa shape index (κ2) is 4.73. The lowest BCUT2D eigenvalue weighted by Crippen LogP contribution is -2.07. The van der Waals surface area contributed by atoms with E-state index in [1.165, 1.54) is 12.3 Å². The summed E-state index contributed by atoms with van der Waals surface area (Å²) in [5.74, 6) is 0. The molecule has 2 rings (SSSR count). The number of aromatic nitrogens is 1. The van der Waals surface area contributed by atoms with Crippen molar-refractivity contribution in [1.29, 1.82) is 5.26 Å². The molecule has 0 fully saturated rings. The minimum absolute atomic E-state index is 0.515. The van der Waals surface area contributed by atoms with E-state index in [1.54, 1.807) is 25.1 Å². The Kier molecular flexibility index (Phi) is 3.26. The standard InChI is InChI=1S/C14H9F3N2/c1-9-6-10(7-18)2-4-12(9)11-3-5-13(19-8-11)14(15,16)17/h2-6,8H,1H3. The number of nitriles is 1. The van der Waals surface area contributed by atoms with E-state index in [-0.39, 0.29) is 0 Å². The fourth-order valence-corrected chi connectivity index (χ4v) is 1.78. The molecule has 96 valence electrons. The van der Waals surface area contributed by atoms with Crippen LogP contribution >= 0.6 is 0 Å².